The van der Waals surface area contributed by atoms with E-state index in [4.69, 9.17) is 9.47 Å². The van der Waals surface area contributed by atoms with Crippen molar-refractivity contribution in [2.45, 2.75) is 6.10 Å². The molecule has 0 saturated carbocycles. The van der Waals surface area contributed by atoms with Crippen LogP contribution in [0.4, 0.5) is 0 Å². The van der Waals surface area contributed by atoms with Crippen molar-refractivity contribution >= 4 is 15.9 Å². The molecule has 2 nitrogen and oxygen atoms in total. The van der Waals surface area contributed by atoms with Gasteiger partial charge in [0.25, 0.3) is 0 Å². The minimum atomic E-state index is 0.303. The minimum Gasteiger partial charge on any atom is -0.490 e. The molecule has 1 saturated heterocycles. The number of ether oxygens (including phenoxy) is 2. The normalized spacial score (nSPS) is 20.6. The van der Waals surface area contributed by atoms with Gasteiger partial charge in [0.15, 0.2) is 0 Å². The fraction of sp³-hybridized carbons (Fsp3) is 0.333. The molecule has 1 atom stereocenters. The third-order valence-electron chi connectivity index (χ3n) is 1.60. The summed E-state index contributed by atoms with van der Waals surface area (Å²) in [5.41, 5.74) is 0. The molecular formula is C9H8BrO2. The summed E-state index contributed by atoms with van der Waals surface area (Å²) in [4.78, 5) is 0. The van der Waals surface area contributed by atoms with Crippen LogP contribution in [0.2, 0.25) is 0 Å². The van der Waals surface area contributed by atoms with Gasteiger partial charge in [-0.25, -0.2) is 0 Å². The average Bonchev–Trinajstić information content (AvgIpc) is 2.86. The van der Waals surface area contributed by atoms with Gasteiger partial charge >= 0.3 is 0 Å². The summed E-state index contributed by atoms with van der Waals surface area (Å²) in [6.45, 7) is 1.46. The zero-order valence-electron chi connectivity index (χ0n) is 6.42. The van der Waals surface area contributed by atoms with Crippen LogP contribution < -0.4 is 4.74 Å². The van der Waals surface area contributed by atoms with Crippen LogP contribution in [0.15, 0.2) is 22.7 Å². The maximum Gasteiger partial charge on any atom is 0.134 e. The number of halogens is 1. The highest BCUT2D eigenvalue weighted by molar-refractivity contribution is 9.10. The molecule has 0 N–H and O–H groups in total. The van der Waals surface area contributed by atoms with E-state index < -0.39 is 0 Å². The van der Waals surface area contributed by atoms with E-state index >= 15 is 0 Å². The summed E-state index contributed by atoms with van der Waals surface area (Å²) in [5.74, 6) is 0.827. The first-order chi connectivity index (χ1) is 5.86. The third-order valence-corrected chi connectivity index (χ3v) is 2.22. The Morgan fingerprint density at radius 1 is 1.75 bits per heavy atom. The lowest BCUT2D eigenvalue weighted by Gasteiger charge is -2.04. The highest BCUT2D eigenvalue weighted by Crippen LogP contribution is 2.24. The van der Waals surface area contributed by atoms with E-state index in [1.54, 1.807) is 0 Å². The van der Waals surface area contributed by atoms with Gasteiger partial charge in [0.2, 0.25) is 0 Å². The lowest BCUT2D eigenvalue weighted by Crippen LogP contribution is -2.04. The molecule has 0 spiro atoms. The van der Waals surface area contributed by atoms with Crippen molar-refractivity contribution in [1.82, 2.24) is 0 Å². The second kappa shape index (κ2) is 3.46. The SMILES string of the molecule is Brc1[c]cccc1OCC1CO1. The van der Waals surface area contributed by atoms with Crippen LogP contribution in [-0.2, 0) is 4.74 Å². The summed E-state index contributed by atoms with van der Waals surface area (Å²) in [7, 11) is 0. The van der Waals surface area contributed by atoms with Gasteiger partial charge in [-0.05, 0) is 22.0 Å². The summed E-state index contributed by atoms with van der Waals surface area (Å²) in [6.07, 6.45) is 0.303. The Morgan fingerprint density at radius 2 is 2.58 bits per heavy atom. The Hall–Kier alpha value is -0.540. The summed E-state index contributed by atoms with van der Waals surface area (Å²) in [5, 5.41) is 0. The maximum absolute atomic E-state index is 5.46. The van der Waals surface area contributed by atoms with E-state index in [1.165, 1.54) is 0 Å². The smallest absolute Gasteiger partial charge is 0.134 e. The number of benzene rings is 1. The second-order valence-electron chi connectivity index (χ2n) is 2.61. The molecule has 1 heterocycles. The van der Waals surface area contributed by atoms with Crippen molar-refractivity contribution in [3.63, 3.8) is 0 Å². The lowest BCUT2D eigenvalue weighted by molar-refractivity contribution is 0.262. The summed E-state index contributed by atoms with van der Waals surface area (Å²) >= 11 is 3.35. The van der Waals surface area contributed by atoms with Gasteiger partial charge in [-0.2, -0.15) is 0 Å². The van der Waals surface area contributed by atoms with Crippen molar-refractivity contribution in [1.29, 1.82) is 0 Å². The molecule has 1 radical (unpaired) electrons. The molecule has 1 unspecified atom stereocenters. The van der Waals surface area contributed by atoms with Gasteiger partial charge in [-0.3, -0.25) is 0 Å². The standard InChI is InChI=1S/C9H8BrO2/c10-8-3-1-2-4-9(8)12-6-7-5-11-7/h1-2,4,7H,5-6H2. The van der Waals surface area contributed by atoms with Crippen LogP contribution in [0.1, 0.15) is 0 Å². The molecule has 2 rings (SSSR count). The van der Waals surface area contributed by atoms with Crippen molar-refractivity contribution < 1.29 is 9.47 Å². The third kappa shape index (κ3) is 1.99. The van der Waals surface area contributed by atoms with E-state index in [2.05, 4.69) is 22.0 Å². The molecule has 1 fully saturated rings. The molecule has 0 bridgehead atoms. The van der Waals surface area contributed by atoms with E-state index in [9.17, 15) is 0 Å². The first-order valence-electron chi connectivity index (χ1n) is 3.77. The maximum atomic E-state index is 5.46. The van der Waals surface area contributed by atoms with E-state index in [1.807, 2.05) is 18.2 Å². The largest absolute Gasteiger partial charge is 0.490 e. The minimum absolute atomic E-state index is 0.303. The van der Waals surface area contributed by atoms with Crippen LogP contribution in [0.5, 0.6) is 5.75 Å². The Kier molecular flexibility index (Phi) is 2.33. The first kappa shape index (κ1) is 8.08. The van der Waals surface area contributed by atoms with Crippen molar-refractivity contribution in [2.24, 2.45) is 0 Å². The number of hydrogen-bond donors (Lipinski definition) is 0. The Bertz CT molecular complexity index is 271. The summed E-state index contributed by atoms with van der Waals surface area (Å²) < 4.78 is 11.3. The van der Waals surface area contributed by atoms with Crippen LogP contribution in [-0.4, -0.2) is 19.3 Å². The Labute approximate surface area is 79.6 Å². The zero-order valence-corrected chi connectivity index (χ0v) is 8.00. The molecule has 12 heavy (non-hydrogen) atoms. The van der Waals surface area contributed by atoms with Gasteiger partial charge in [0.05, 0.1) is 11.1 Å². The van der Waals surface area contributed by atoms with E-state index in [0.717, 1.165) is 16.8 Å². The van der Waals surface area contributed by atoms with Crippen LogP contribution in [0.25, 0.3) is 0 Å². The molecule has 1 aromatic rings. The predicted octanol–water partition coefficient (Wildman–Crippen LogP) is 2.03. The summed E-state index contributed by atoms with van der Waals surface area (Å²) in [6, 6.07) is 8.64. The van der Waals surface area contributed by atoms with E-state index in [0.29, 0.717) is 12.7 Å². The lowest BCUT2D eigenvalue weighted by atomic mass is 10.3. The first-order valence-corrected chi connectivity index (χ1v) is 4.56. The molecular weight excluding hydrogens is 220 g/mol. The molecule has 0 aromatic heterocycles. The topological polar surface area (TPSA) is 21.8 Å². The number of epoxide rings is 1. The predicted molar refractivity (Wildman–Crippen MR) is 48.2 cm³/mol. The van der Waals surface area contributed by atoms with Gasteiger partial charge < -0.3 is 9.47 Å². The van der Waals surface area contributed by atoms with Gasteiger partial charge in [-0.15, -0.1) is 0 Å². The van der Waals surface area contributed by atoms with Gasteiger partial charge in [-0.1, -0.05) is 12.1 Å². The monoisotopic (exact) mass is 227 g/mol. The molecule has 0 amide bonds. The molecule has 63 valence electrons. The molecule has 1 aliphatic rings. The molecule has 1 aliphatic heterocycles. The fourth-order valence-corrected chi connectivity index (χ4v) is 1.24. The molecule has 0 aliphatic carbocycles. The average molecular weight is 228 g/mol. The second-order valence-corrected chi connectivity index (χ2v) is 3.41. The number of rotatable bonds is 3. The van der Waals surface area contributed by atoms with E-state index in [-0.39, 0.29) is 0 Å². The van der Waals surface area contributed by atoms with Crippen molar-refractivity contribution in [3.05, 3.63) is 28.7 Å². The van der Waals surface area contributed by atoms with Crippen LogP contribution in [0, 0.1) is 6.07 Å². The van der Waals surface area contributed by atoms with Crippen LogP contribution in [0.3, 0.4) is 0 Å². The molecule has 1 aromatic carbocycles. The van der Waals surface area contributed by atoms with Crippen molar-refractivity contribution in [3.8, 4) is 5.75 Å². The Morgan fingerprint density at radius 3 is 3.25 bits per heavy atom. The fourth-order valence-electron chi connectivity index (χ4n) is 0.860. The van der Waals surface area contributed by atoms with Gasteiger partial charge in [0, 0.05) is 6.07 Å². The van der Waals surface area contributed by atoms with Crippen molar-refractivity contribution in [2.75, 3.05) is 13.2 Å². The van der Waals surface area contributed by atoms with Gasteiger partial charge in [0.1, 0.15) is 18.5 Å². The highest BCUT2D eigenvalue weighted by atomic mass is 79.9. The zero-order chi connectivity index (χ0) is 8.39. The molecule has 3 heteroatoms. The van der Waals surface area contributed by atoms with Crippen LogP contribution >= 0.6 is 15.9 Å². The highest BCUT2D eigenvalue weighted by Gasteiger charge is 2.23. The number of hydrogen-bond acceptors (Lipinski definition) is 2. The Balaban J connectivity index is 1.96. The quantitative estimate of drug-likeness (QED) is 0.738.